The van der Waals surface area contributed by atoms with Gasteiger partial charge < -0.3 is 18.9 Å². The number of methoxy groups -OCH3 is 3. The summed E-state index contributed by atoms with van der Waals surface area (Å²) >= 11 is 0. The summed E-state index contributed by atoms with van der Waals surface area (Å²) < 4.78 is 21.3. The SMILES string of the molecule is CCOc1c(OC)cc(/C=N\NC(=O)Cc2ccc(OC)cc2)cc1OC. The maximum atomic E-state index is 12.0. The van der Waals surface area contributed by atoms with Gasteiger partial charge in [-0.3, -0.25) is 4.79 Å². The van der Waals surface area contributed by atoms with E-state index in [9.17, 15) is 4.79 Å². The number of carbonyl (C=O) groups is 1. The van der Waals surface area contributed by atoms with Crippen molar-refractivity contribution in [2.75, 3.05) is 27.9 Å². The van der Waals surface area contributed by atoms with E-state index in [0.29, 0.717) is 29.4 Å². The summed E-state index contributed by atoms with van der Waals surface area (Å²) in [6, 6.07) is 10.8. The van der Waals surface area contributed by atoms with Crippen LogP contribution in [0.15, 0.2) is 41.5 Å². The summed E-state index contributed by atoms with van der Waals surface area (Å²) in [5.41, 5.74) is 4.08. The fourth-order valence-corrected chi connectivity index (χ4v) is 2.41. The number of hydrazone groups is 1. The third kappa shape index (κ3) is 5.64. The lowest BCUT2D eigenvalue weighted by Crippen LogP contribution is -2.19. The molecule has 0 atom stereocenters. The smallest absolute Gasteiger partial charge is 0.244 e. The number of amides is 1. The van der Waals surface area contributed by atoms with Crippen LogP contribution in [0, 0.1) is 0 Å². The second kappa shape index (κ2) is 10.1. The molecule has 1 amide bonds. The summed E-state index contributed by atoms with van der Waals surface area (Å²) in [6.45, 7) is 2.37. The van der Waals surface area contributed by atoms with E-state index in [1.807, 2.05) is 31.2 Å². The summed E-state index contributed by atoms with van der Waals surface area (Å²) in [6.07, 6.45) is 1.74. The first-order valence-corrected chi connectivity index (χ1v) is 8.44. The molecule has 2 rings (SSSR count). The van der Waals surface area contributed by atoms with E-state index in [1.165, 1.54) is 6.21 Å². The van der Waals surface area contributed by atoms with Gasteiger partial charge in [-0.25, -0.2) is 5.43 Å². The summed E-state index contributed by atoms with van der Waals surface area (Å²) in [4.78, 5) is 12.0. The molecule has 0 aromatic heterocycles. The van der Waals surface area contributed by atoms with Crippen LogP contribution in [-0.2, 0) is 11.2 Å². The Morgan fingerprint density at radius 1 is 1.04 bits per heavy atom. The molecule has 0 saturated heterocycles. The van der Waals surface area contributed by atoms with Gasteiger partial charge >= 0.3 is 0 Å². The Hall–Kier alpha value is -3.22. The van der Waals surface area contributed by atoms with Gasteiger partial charge in [0, 0.05) is 5.56 Å². The zero-order valence-electron chi connectivity index (χ0n) is 15.9. The minimum absolute atomic E-state index is 0.219. The van der Waals surface area contributed by atoms with Gasteiger partial charge in [0.05, 0.1) is 40.6 Å². The monoisotopic (exact) mass is 372 g/mol. The molecule has 0 aliphatic carbocycles. The Bertz CT molecular complexity index is 762. The molecule has 0 aliphatic heterocycles. The molecule has 2 aromatic carbocycles. The van der Waals surface area contributed by atoms with Crippen molar-refractivity contribution in [2.45, 2.75) is 13.3 Å². The van der Waals surface area contributed by atoms with Crippen LogP contribution in [0.5, 0.6) is 23.0 Å². The first-order chi connectivity index (χ1) is 13.1. The van der Waals surface area contributed by atoms with E-state index in [1.54, 1.807) is 33.5 Å². The van der Waals surface area contributed by atoms with Gasteiger partial charge in [0.15, 0.2) is 11.5 Å². The molecule has 144 valence electrons. The van der Waals surface area contributed by atoms with Crippen molar-refractivity contribution >= 4 is 12.1 Å². The third-order valence-electron chi connectivity index (χ3n) is 3.70. The van der Waals surface area contributed by atoms with Gasteiger partial charge in [-0.2, -0.15) is 5.10 Å². The standard InChI is InChI=1S/C20H24N2O5/c1-5-27-20-17(25-3)10-15(11-18(20)26-4)13-21-22-19(23)12-14-6-8-16(24-2)9-7-14/h6-11,13H,5,12H2,1-4H3,(H,22,23)/b21-13-. The fraction of sp³-hybridized carbons (Fsp3) is 0.300. The lowest BCUT2D eigenvalue weighted by Gasteiger charge is -2.14. The number of carbonyl (C=O) groups excluding carboxylic acids is 1. The van der Waals surface area contributed by atoms with Crippen molar-refractivity contribution in [3.63, 3.8) is 0 Å². The van der Waals surface area contributed by atoms with Gasteiger partial charge in [0.25, 0.3) is 0 Å². The number of benzene rings is 2. The molecule has 27 heavy (non-hydrogen) atoms. The highest BCUT2D eigenvalue weighted by molar-refractivity contribution is 5.85. The number of hydrogen-bond acceptors (Lipinski definition) is 6. The quantitative estimate of drug-likeness (QED) is 0.541. The Balaban J connectivity index is 2.02. The Kier molecular flexibility index (Phi) is 7.49. The van der Waals surface area contributed by atoms with Crippen molar-refractivity contribution in [1.82, 2.24) is 5.43 Å². The van der Waals surface area contributed by atoms with Crippen LogP contribution in [-0.4, -0.2) is 40.1 Å². The maximum Gasteiger partial charge on any atom is 0.244 e. The Labute approximate surface area is 158 Å². The van der Waals surface area contributed by atoms with E-state index in [-0.39, 0.29) is 12.3 Å². The van der Waals surface area contributed by atoms with Crippen molar-refractivity contribution < 1.29 is 23.7 Å². The zero-order chi connectivity index (χ0) is 19.6. The first-order valence-electron chi connectivity index (χ1n) is 8.44. The Morgan fingerprint density at radius 3 is 2.19 bits per heavy atom. The second-order valence-corrected chi connectivity index (χ2v) is 5.51. The summed E-state index contributed by atoms with van der Waals surface area (Å²) in [5.74, 6) is 2.12. The Morgan fingerprint density at radius 2 is 1.67 bits per heavy atom. The number of nitrogens with one attached hydrogen (secondary N) is 1. The molecule has 0 spiro atoms. The lowest BCUT2D eigenvalue weighted by atomic mass is 10.1. The maximum absolute atomic E-state index is 12.0. The summed E-state index contributed by atoms with van der Waals surface area (Å²) in [7, 11) is 4.70. The molecule has 0 heterocycles. The molecule has 0 fully saturated rings. The topological polar surface area (TPSA) is 78.4 Å². The molecule has 0 saturated carbocycles. The van der Waals surface area contributed by atoms with Crippen LogP contribution >= 0.6 is 0 Å². The van der Waals surface area contributed by atoms with Crippen LogP contribution in [0.2, 0.25) is 0 Å². The highest BCUT2D eigenvalue weighted by Crippen LogP contribution is 2.38. The largest absolute Gasteiger partial charge is 0.497 e. The minimum atomic E-state index is -0.221. The van der Waals surface area contributed by atoms with E-state index < -0.39 is 0 Å². The molecule has 7 nitrogen and oxygen atoms in total. The van der Waals surface area contributed by atoms with Gasteiger partial charge in [-0.05, 0) is 36.8 Å². The summed E-state index contributed by atoms with van der Waals surface area (Å²) in [5, 5.41) is 4.00. The average molecular weight is 372 g/mol. The number of rotatable bonds is 9. The van der Waals surface area contributed by atoms with Crippen molar-refractivity contribution in [3.8, 4) is 23.0 Å². The van der Waals surface area contributed by atoms with Crippen LogP contribution in [0.3, 0.4) is 0 Å². The van der Waals surface area contributed by atoms with Gasteiger partial charge in [0.1, 0.15) is 5.75 Å². The number of ether oxygens (including phenoxy) is 4. The van der Waals surface area contributed by atoms with Crippen LogP contribution in [0.25, 0.3) is 0 Å². The predicted molar refractivity (Wildman–Crippen MR) is 103 cm³/mol. The van der Waals surface area contributed by atoms with Crippen LogP contribution < -0.4 is 24.4 Å². The van der Waals surface area contributed by atoms with Crippen molar-refractivity contribution in [1.29, 1.82) is 0 Å². The molecular formula is C20H24N2O5. The number of nitrogens with zero attached hydrogens (tertiary/aromatic N) is 1. The van der Waals surface area contributed by atoms with Crippen LogP contribution in [0.1, 0.15) is 18.1 Å². The molecule has 0 unspecified atom stereocenters. The lowest BCUT2D eigenvalue weighted by molar-refractivity contribution is -0.120. The van der Waals surface area contributed by atoms with Gasteiger partial charge in [-0.1, -0.05) is 12.1 Å². The molecular weight excluding hydrogens is 348 g/mol. The number of hydrogen-bond donors (Lipinski definition) is 1. The highest BCUT2D eigenvalue weighted by atomic mass is 16.5. The van der Waals surface area contributed by atoms with Crippen molar-refractivity contribution in [3.05, 3.63) is 47.5 Å². The third-order valence-corrected chi connectivity index (χ3v) is 3.70. The molecule has 0 radical (unpaired) electrons. The molecule has 1 N–H and O–H groups in total. The van der Waals surface area contributed by atoms with E-state index in [4.69, 9.17) is 18.9 Å². The molecule has 0 bridgehead atoms. The normalized spacial score (nSPS) is 10.5. The first kappa shape index (κ1) is 20.1. The van der Waals surface area contributed by atoms with Gasteiger partial charge in [-0.15, -0.1) is 0 Å². The second-order valence-electron chi connectivity index (χ2n) is 5.51. The zero-order valence-corrected chi connectivity index (χ0v) is 15.9. The van der Waals surface area contributed by atoms with Crippen LogP contribution in [0.4, 0.5) is 0 Å². The predicted octanol–water partition coefficient (Wildman–Crippen LogP) is 2.80. The van der Waals surface area contributed by atoms with E-state index in [0.717, 1.165) is 11.3 Å². The van der Waals surface area contributed by atoms with Crippen molar-refractivity contribution in [2.24, 2.45) is 5.10 Å². The minimum Gasteiger partial charge on any atom is -0.497 e. The molecule has 0 aliphatic rings. The average Bonchev–Trinajstić information content (AvgIpc) is 2.69. The van der Waals surface area contributed by atoms with E-state index in [2.05, 4.69) is 10.5 Å². The van der Waals surface area contributed by atoms with Gasteiger partial charge in [0.2, 0.25) is 11.7 Å². The molecule has 7 heteroatoms. The molecule has 2 aromatic rings. The van der Waals surface area contributed by atoms with E-state index >= 15 is 0 Å². The fourth-order valence-electron chi connectivity index (χ4n) is 2.41. The highest BCUT2D eigenvalue weighted by Gasteiger charge is 2.13.